The molecule has 0 aliphatic rings. The van der Waals surface area contributed by atoms with Crippen LogP contribution in [-0.4, -0.2) is 16.9 Å². The zero-order valence-corrected chi connectivity index (χ0v) is 13.4. The summed E-state index contributed by atoms with van der Waals surface area (Å²) < 4.78 is 82.7. The van der Waals surface area contributed by atoms with Crippen molar-refractivity contribution in [2.75, 3.05) is 0 Å². The van der Waals surface area contributed by atoms with Gasteiger partial charge in [-0.25, -0.2) is 4.79 Å². The molecule has 0 unspecified atom stereocenters. The Morgan fingerprint density at radius 1 is 0.889 bits per heavy atom. The lowest BCUT2D eigenvalue weighted by molar-refractivity contribution is -0.139. The van der Waals surface area contributed by atoms with Gasteiger partial charge >= 0.3 is 18.3 Å². The topological polar surface area (TPSA) is 63.6 Å². The SMILES string of the molecule is Cc1c(Oc2ccc(C(F)(F)F)cc2)ccc(C(=O)C(=O)O)c1C(F)(F)F. The molecule has 144 valence electrons. The highest BCUT2D eigenvalue weighted by Crippen LogP contribution is 2.40. The first-order chi connectivity index (χ1) is 12.3. The Labute approximate surface area is 148 Å². The molecule has 0 saturated carbocycles. The average molecular weight is 392 g/mol. The predicted molar refractivity (Wildman–Crippen MR) is 79.7 cm³/mol. The normalized spacial score (nSPS) is 12.0. The van der Waals surface area contributed by atoms with Crippen LogP contribution in [0.1, 0.15) is 27.0 Å². The van der Waals surface area contributed by atoms with E-state index in [0.717, 1.165) is 25.1 Å². The molecule has 0 amide bonds. The molecule has 2 aromatic rings. The van der Waals surface area contributed by atoms with Gasteiger partial charge in [-0.2, -0.15) is 26.3 Å². The van der Waals surface area contributed by atoms with Gasteiger partial charge in [-0.1, -0.05) is 0 Å². The van der Waals surface area contributed by atoms with Crippen molar-refractivity contribution in [1.82, 2.24) is 0 Å². The van der Waals surface area contributed by atoms with Gasteiger partial charge in [0.1, 0.15) is 11.5 Å². The van der Waals surface area contributed by atoms with Gasteiger partial charge in [-0.05, 0) is 43.3 Å². The van der Waals surface area contributed by atoms with Crippen LogP contribution in [0.3, 0.4) is 0 Å². The summed E-state index contributed by atoms with van der Waals surface area (Å²) in [6, 6.07) is 4.82. The Morgan fingerprint density at radius 3 is 1.89 bits per heavy atom. The van der Waals surface area contributed by atoms with Crippen LogP contribution < -0.4 is 4.74 Å². The number of hydrogen-bond acceptors (Lipinski definition) is 3. The highest BCUT2D eigenvalue weighted by atomic mass is 19.4. The molecule has 0 spiro atoms. The summed E-state index contributed by atoms with van der Waals surface area (Å²) in [4.78, 5) is 22.3. The standard InChI is InChI=1S/C17H10F6O4/c1-8-12(27-10-4-2-9(3-5-10)16(18,19)20)7-6-11(14(24)15(25)26)13(8)17(21,22)23/h2-7H,1H3,(H,25,26). The molecule has 0 aliphatic carbocycles. The molecule has 27 heavy (non-hydrogen) atoms. The van der Waals surface area contributed by atoms with Gasteiger partial charge in [0.15, 0.2) is 0 Å². The van der Waals surface area contributed by atoms with Crippen molar-refractivity contribution in [1.29, 1.82) is 0 Å². The fourth-order valence-electron chi connectivity index (χ4n) is 2.31. The van der Waals surface area contributed by atoms with Gasteiger partial charge in [-0.3, -0.25) is 4.79 Å². The third kappa shape index (κ3) is 4.39. The van der Waals surface area contributed by atoms with Gasteiger partial charge < -0.3 is 9.84 Å². The number of rotatable bonds is 4. The molecule has 4 nitrogen and oxygen atoms in total. The quantitative estimate of drug-likeness (QED) is 0.447. The van der Waals surface area contributed by atoms with Crippen molar-refractivity contribution in [3.8, 4) is 11.5 Å². The first kappa shape index (κ1) is 20.3. The number of carbonyl (C=O) groups is 2. The van der Waals surface area contributed by atoms with Crippen LogP contribution in [0.2, 0.25) is 0 Å². The van der Waals surface area contributed by atoms with Crippen molar-refractivity contribution in [2.24, 2.45) is 0 Å². The van der Waals surface area contributed by atoms with Crippen LogP contribution in [0, 0.1) is 6.92 Å². The van der Waals surface area contributed by atoms with E-state index in [4.69, 9.17) is 9.84 Å². The number of hydrogen-bond donors (Lipinski definition) is 1. The molecule has 2 rings (SSSR count). The van der Waals surface area contributed by atoms with E-state index in [2.05, 4.69) is 0 Å². The molecule has 0 saturated heterocycles. The van der Waals surface area contributed by atoms with Crippen LogP contribution in [0.4, 0.5) is 26.3 Å². The maximum atomic E-state index is 13.3. The van der Waals surface area contributed by atoms with Crippen LogP contribution in [-0.2, 0) is 17.1 Å². The zero-order valence-electron chi connectivity index (χ0n) is 13.4. The molecule has 0 fully saturated rings. The minimum atomic E-state index is -5.05. The predicted octanol–water partition coefficient (Wildman–Crippen LogP) is 5.09. The number of benzene rings is 2. The van der Waals surface area contributed by atoms with Gasteiger partial charge in [0.25, 0.3) is 5.78 Å². The van der Waals surface area contributed by atoms with Crippen molar-refractivity contribution in [2.45, 2.75) is 19.3 Å². The summed E-state index contributed by atoms with van der Waals surface area (Å²) in [6.07, 6.45) is -9.64. The second-order valence-corrected chi connectivity index (χ2v) is 5.37. The van der Waals surface area contributed by atoms with Crippen LogP contribution in [0.25, 0.3) is 0 Å². The van der Waals surface area contributed by atoms with Gasteiger partial charge in [0.2, 0.25) is 0 Å². The number of Topliss-reactive ketones (excluding diaryl/α,β-unsaturated/α-hetero) is 1. The summed E-state index contributed by atoms with van der Waals surface area (Å²) in [5.74, 6) is -4.36. The third-order valence-electron chi connectivity index (χ3n) is 3.55. The first-order valence-corrected chi connectivity index (χ1v) is 7.16. The number of carboxylic acid groups (broad SMARTS) is 1. The Kier molecular flexibility index (Phi) is 5.21. The minimum Gasteiger partial charge on any atom is -0.475 e. The van der Waals surface area contributed by atoms with Gasteiger partial charge in [0, 0.05) is 11.1 Å². The van der Waals surface area contributed by atoms with Crippen molar-refractivity contribution < 1.29 is 45.8 Å². The maximum absolute atomic E-state index is 13.3. The molecule has 1 N–H and O–H groups in total. The fraction of sp³-hybridized carbons (Fsp3) is 0.176. The van der Waals surface area contributed by atoms with E-state index in [0.29, 0.717) is 18.2 Å². The highest BCUT2D eigenvalue weighted by Gasteiger charge is 2.39. The number of ether oxygens (including phenoxy) is 1. The van der Waals surface area contributed by atoms with E-state index in [-0.39, 0.29) is 11.5 Å². The second kappa shape index (κ2) is 6.93. The van der Waals surface area contributed by atoms with Crippen LogP contribution in [0.5, 0.6) is 11.5 Å². The molecule has 2 aromatic carbocycles. The van der Waals surface area contributed by atoms with E-state index in [1.54, 1.807) is 0 Å². The summed E-state index contributed by atoms with van der Waals surface area (Å²) in [5.41, 5.74) is -4.09. The lowest BCUT2D eigenvalue weighted by atomic mass is 9.97. The monoisotopic (exact) mass is 392 g/mol. The lowest BCUT2D eigenvalue weighted by Gasteiger charge is -2.17. The molecule has 0 atom stereocenters. The Hall–Kier alpha value is -3.04. The number of alkyl halides is 6. The molecular weight excluding hydrogens is 382 g/mol. The van der Waals surface area contributed by atoms with Crippen LogP contribution >= 0.6 is 0 Å². The molecule has 0 radical (unpaired) electrons. The molecular formula is C17H10F6O4. The fourth-order valence-corrected chi connectivity index (χ4v) is 2.31. The Balaban J connectivity index is 2.47. The van der Waals surface area contributed by atoms with Gasteiger partial charge in [0.05, 0.1) is 11.1 Å². The lowest BCUT2D eigenvalue weighted by Crippen LogP contribution is -2.20. The number of aliphatic carboxylic acids is 1. The van der Waals surface area contributed by atoms with Crippen LogP contribution in [0.15, 0.2) is 36.4 Å². The number of ketones is 1. The third-order valence-corrected chi connectivity index (χ3v) is 3.55. The first-order valence-electron chi connectivity index (χ1n) is 7.16. The molecule has 0 bridgehead atoms. The molecule has 0 aliphatic heterocycles. The van der Waals surface area contributed by atoms with E-state index < -0.39 is 46.4 Å². The zero-order chi connectivity index (χ0) is 20.6. The molecule has 0 aromatic heterocycles. The highest BCUT2D eigenvalue weighted by molar-refractivity contribution is 6.40. The van der Waals surface area contributed by atoms with Crippen molar-refractivity contribution >= 4 is 11.8 Å². The van der Waals surface area contributed by atoms with E-state index in [1.807, 2.05) is 0 Å². The van der Waals surface area contributed by atoms with E-state index in [9.17, 15) is 35.9 Å². The average Bonchev–Trinajstić information content (AvgIpc) is 2.54. The molecule has 0 heterocycles. The number of halogens is 6. The maximum Gasteiger partial charge on any atom is 0.417 e. The smallest absolute Gasteiger partial charge is 0.417 e. The second-order valence-electron chi connectivity index (χ2n) is 5.37. The van der Waals surface area contributed by atoms with Crippen molar-refractivity contribution in [3.63, 3.8) is 0 Å². The number of carbonyl (C=O) groups excluding carboxylic acids is 1. The Bertz CT molecular complexity index is 882. The Morgan fingerprint density at radius 2 is 1.44 bits per heavy atom. The summed E-state index contributed by atoms with van der Waals surface area (Å²) in [7, 11) is 0. The van der Waals surface area contributed by atoms with E-state index >= 15 is 0 Å². The number of carboxylic acids is 1. The van der Waals surface area contributed by atoms with Crippen molar-refractivity contribution in [3.05, 3.63) is 58.7 Å². The summed E-state index contributed by atoms with van der Waals surface area (Å²) in [6.45, 7) is 0.959. The minimum absolute atomic E-state index is 0.170. The summed E-state index contributed by atoms with van der Waals surface area (Å²) >= 11 is 0. The molecule has 10 heteroatoms. The largest absolute Gasteiger partial charge is 0.475 e. The van der Waals surface area contributed by atoms with Gasteiger partial charge in [-0.15, -0.1) is 0 Å². The summed E-state index contributed by atoms with van der Waals surface area (Å²) in [5, 5.41) is 8.67. The van der Waals surface area contributed by atoms with E-state index in [1.165, 1.54) is 0 Å².